The number of hydrogen-bond donors (Lipinski definition) is 1. The van der Waals surface area contributed by atoms with Crippen LogP contribution in [0, 0.1) is 22.7 Å². The van der Waals surface area contributed by atoms with Crippen molar-refractivity contribution in [3.63, 3.8) is 0 Å². The Morgan fingerprint density at radius 3 is 2.76 bits per heavy atom. The van der Waals surface area contributed by atoms with Crippen molar-refractivity contribution in [1.82, 2.24) is 4.98 Å². The van der Waals surface area contributed by atoms with Crippen LogP contribution in [0.4, 0.5) is 0 Å². The van der Waals surface area contributed by atoms with Gasteiger partial charge in [0.15, 0.2) is 5.60 Å². The largest absolute Gasteiger partial charge is 0.478 e. The molecule has 2 aliphatic carbocycles. The van der Waals surface area contributed by atoms with Gasteiger partial charge < -0.3 is 19.0 Å². The van der Waals surface area contributed by atoms with Gasteiger partial charge in [-0.25, -0.2) is 4.79 Å². The second-order valence-electron chi connectivity index (χ2n) is 11.6. The van der Waals surface area contributed by atoms with E-state index >= 15 is 0 Å². The van der Waals surface area contributed by atoms with Crippen LogP contribution in [-0.2, 0) is 9.53 Å². The molecule has 4 heterocycles. The molecule has 0 aromatic carbocycles. The maximum atomic E-state index is 13.3. The smallest absolute Gasteiger partial charge is 0.346 e. The van der Waals surface area contributed by atoms with Gasteiger partial charge in [-0.2, -0.15) is 0 Å². The molecule has 2 fully saturated rings. The van der Waals surface area contributed by atoms with Crippen LogP contribution >= 0.6 is 0 Å². The minimum absolute atomic E-state index is 0.0565. The lowest BCUT2D eigenvalue weighted by Crippen LogP contribution is -2.66. The van der Waals surface area contributed by atoms with E-state index in [-0.39, 0.29) is 28.8 Å². The van der Waals surface area contributed by atoms with Gasteiger partial charge in [0.1, 0.15) is 23.2 Å². The zero-order valence-corrected chi connectivity index (χ0v) is 21.6. The first-order valence-corrected chi connectivity index (χ1v) is 13.1. The van der Waals surface area contributed by atoms with Crippen molar-refractivity contribution < 1.29 is 23.8 Å². The number of aromatic nitrogens is 1. The third-order valence-electron chi connectivity index (χ3n) is 9.92. The van der Waals surface area contributed by atoms with Gasteiger partial charge in [-0.15, -0.1) is 0 Å². The molecule has 6 atom stereocenters. The highest BCUT2D eigenvalue weighted by molar-refractivity contribution is 5.70. The summed E-state index contributed by atoms with van der Waals surface area (Å²) in [5.74, 6) is 0.790. The van der Waals surface area contributed by atoms with E-state index in [2.05, 4.69) is 31.5 Å². The van der Waals surface area contributed by atoms with E-state index < -0.39 is 22.7 Å². The Labute approximate surface area is 216 Å². The van der Waals surface area contributed by atoms with Gasteiger partial charge in [0.05, 0.1) is 6.61 Å². The van der Waals surface area contributed by atoms with E-state index in [0.717, 1.165) is 30.4 Å². The second-order valence-corrected chi connectivity index (χ2v) is 11.6. The van der Waals surface area contributed by atoms with E-state index in [9.17, 15) is 14.7 Å². The van der Waals surface area contributed by atoms with E-state index in [4.69, 9.17) is 13.9 Å². The zero-order chi connectivity index (χ0) is 26.2. The molecule has 4 aliphatic rings. The van der Waals surface area contributed by atoms with Gasteiger partial charge in [-0.05, 0) is 69.1 Å². The van der Waals surface area contributed by atoms with Crippen LogP contribution in [0.1, 0.15) is 64.5 Å². The predicted molar refractivity (Wildman–Crippen MR) is 137 cm³/mol. The molecule has 0 radical (unpaired) electrons. The van der Waals surface area contributed by atoms with Crippen molar-refractivity contribution in [3.05, 3.63) is 70.4 Å². The second kappa shape index (κ2) is 8.15. The first-order valence-electron chi connectivity index (χ1n) is 13.1. The summed E-state index contributed by atoms with van der Waals surface area (Å²) < 4.78 is 18.2. The predicted octanol–water partition coefficient (Wildman–Crippen LogP) is 5.15. The number of ether oxygens (including phenoxy) is 2. The Kier molecular flexibility index (Phi) is 5.33. The maximum Gasteiger partial charge on any atom is 0.346 e. The van der Waals surface area contributed by atoms with Crippen molar-refractivity contribution in [2.45, 2.75) is 64.6 Å². The number of allylic oxidation sites excluding steroid dienone is 2. The molecule has 2 aliphatic heterocycles. The number of carbonyl (C=O) groups excluding carboxylic acids is 1. The van der Waals surface area contributed by atoms with Crippen LogP contribution < -0.4 is 10.4 Å². The minimum atomic E-state index is -1.18. The molecule has 0 unspecified atom stereocenters. The van der Waals surface area contributed by atoms with E-state index in [1.807, 2.05) is 13.0 Å². The molecular formula is C30H33NO6. The fourth-order valence-electron chi connectivity index (χ4n) is 8.22. The number of fused-ring (bicyclic) bond motifs is 4. The summed E-state index contributed by atoms with van der Waals surface area (Å²) in [7, 11) is 0. The van der Waals surface area contributed by atoms with E-state index in [0.29, 0.717) is 36.5 Å². The van der Waals surface area contributed by atoms with Crippen molar-refractivity contribution in [2.75, 3.05) is 6.61 Å². The molecule has 2 spiro atoms. The highest BCUT2D eigenvalue weighted by Crippen LogP contribution is 2.70. The lowest BCUT2D eigenvalue weighted by atomic mass is 9.41. The average Bonchev–Trinajstić information content (AvgIpc) is 3.18. The Morgan fingerprint density at radius 1 is 1.27 bits per heavy atom. The zero-order valence-electron chi connectivity index (χ0n) is 21.6. The molecule has 37 heavy (non-hydrogen) atoms. The highest BCUT2D eigenvalue weighted by Gasteiger charge is 2.71. The third-order valence-corrected chi connectivity index (χ3v) is 9.92. The van der Waals surface area contributed by atoms with Gasteiger partial charge in [0, 0.05) is 41.3 Å². The van der Waals surface area contributed by atoms with Crippen molar-refractivity contribution >= 4 is 5.97 Å². The quantitative estimate of drug-likeness (QED) is 0.447. The maximum absolute atomic E-state index is 13.3. The van der Waals surface area contributed by atoms with Crippen LogP contribution in [0.3, 0.4) is 0 Å². The number of esters is 1. The lowest BCUT2D eigenvalue weighted by Gasteiger charge is -2.65. The number of aliphatic hydroxyl groups is 1. The summed E-state index contributed by atoms with van der Waals surface area (Å²) in [4.78, 5) is 29.5. The first-order chi connectivity index (χ1) is 17.6. The average molecular weight is 504 g/mol. The topological polar surface area (TPSA) is 98.9 Å². The first kappa shape index (κ1) is 24.2. The standard InChI is InChI=1S/C30H33NO6/c1-17(2)20-9-11-28(4)23(29(20)12-10-24(32)35-16-29)8-7-18(3)30(28)26(33)25-22(37-30)14-21(36-27(25)34)19-6-5-13-31-15-19/h5-7,13-15,20,23,26,33H,1,8-12,16H2,2-4H3/t20-,23-,26-,28+,29+,30-/m0/s1. The Balaban J connectivity index is 1.49. The molecule has 1 N–H and O–H groups in total. The Hall–Kier alpha value is -3.19. The van der Waals surface area contributed by atoms with Crippen molar-refractivity contribution in [3.8, 4) is 17.1 Å². The normalized spacial score (nSPS) is 36.4. The fourth-order valence-corrected chi connectivity index (χ4v) is 8.22. The highest BCUT2D eigenvalue weighted by atomic mass is 16.5. The Morgan fingerprint density at radius 2 is 2.08 bits per heavy atom. The molecule has 194 valence electrons. The molecule has 7 nitrogen and oxygen atoms in total. The van der Waals surface area contributed by atoms with Gasteiger partial charge in [0.25, 0.3) is 0 Å². The number of nitrogens with zero attached hydrogens (tertiary/aromatic N) is 1. The van der Waals surface area contributed by atoms with Crippen LogP contribution in [0.15, 0.2) is 63.6 Å². The molecule has 7 heteroatoms. The monoisotopic (exact) mass is 503 g/mol. The van der Waals surface area contributed by atoms with Gasteiger partial charge in [0.2, 0.25) is 0 Å². The number of rotatable bonds is 2. The van der Waals surface area contributed by atoms with Crippen LogP contribution in [0.2, 0.25) is 0 Å². The molecule has 0 amide bonds. The summed E-state index contributed by atoms with van der Waals surface area (Å²) in [5.41, 5.74) is 0.263. The van der Waals surface area contributed by atoms with Gasteiger partial charge in [-0.3, -0.25) is 9.78 Å². The van der Waals surface area contributed by atoms with Crippen LogP contribution in [-0.4, -0.2) is 28.3 Å². The van der Waals surface area contributed by atoms with E-state index in [1.165, 1.54) is 0 Å². The number of pyridine rings is 1. The number of hydrogen-bond acceptors (Lipinski definition) is 7. The van der Waals surface area contributed by atoms with Gasteiger partial charge >= 0.3 is 11.6 Å². The summed E-state index contributed by atoms with van der Waals surface area (Å²) in [5, 5.41) is 11.9. The minimum Gasteiger partial charge on any atom is -0.478 e. The van der Waals surface area contributed by atoms with Gasteiger partial charge in [-0.1, -0.05) is 25.2 Å². The molecular weight excluding hydrogens is 470 g/mol. The number of cyclic esters (lactones) is 1. The third kappa shape index (κ3) is 3.13. The number of carbonyl (C=O) groups is 1. The molecule has 0 bridgehead atoms. The lowest BCUT2D eigenvalue weighted by molar-refractivity contribution is -0.208. The van der Waals surface area contributed by atoms with Crippen molar-refractivity contribution in [1.29, 1.82) is 0 Å². The van der Waals surface area contributed by atoms with E-state index in [1.54, 1.807) is 24.5 Å². The number of aliphatic hydroxyl groups excluding tert-OH is 1. The molecule has 1 saturated heterocycles. The molecule has 2 aromatic rings. The van der Waals surface area contributed by atoms with Crippen molar-refractivity contribution in [2.24, 2.45) is 22.7 Å². The summed E-state index contributed by atoms with van der Waals surface area (Å²) in [6, 6.07) is 5.29. The molecule has 6 rings (SSSR count). The molecule has 1 saturated carbocycles. The summed E-state index contributed by atoms with van der Waals surface area (Å²) in [6.07, 6.45) is 7.73. The van der Waals surface area contributed by atoms with Crippen LogP contribution in [0.25, 0.3) is 11.3 Å². The Bertz CT molecular complexity index is 1370. The van der Waals surface area contributed by atoms with Crippen LogP contribution in [0.5, 0.6) is 5.75 Å². The summed E-state index contributed by atoms with van der Waals surface area (Å²) in [6.45, 7) is 10.9. The molecule has 2 aromatic heterocycles. The fraction of sp³-hybridized carbons (Fsp3) is 0.500. The SMILES string of the molecule is C=C(C)[C@@H]1CC[C@]2(C)[C@H](CC=C(C)[C@@]23Oc2cc(-c4cccnc4)oc(=O)c2[C@@H]3O)[C@@]12CCC(=O)OC2. The summed E-state index contributed by atoms with van der Waals surface area (Å²) >= 11 is 0.